The lowest BCUT2D eigenvalue weighted by Gasteiger charge is -2.27. The molecule has 0 aromatic carbocycles. The summed E-state index contributed by atoms with van der Waals surface area (Å²) in [7, 11) is 2.10. The monoisotopic (exact) mass is 472 g/mol. The molecule has 0 radical (unpaired) electrons. The van der Waals surface area contributed by atoms with E-state index in [1.807, 2.05) is 17.2 Å². The number of nitrogens with zero attached hydrogens (tertiary/aromatic N) is 6. The molecule has 12 heteroatoms. The van der Waals surface area contributed by atoms with Crippen molar-refractivity contribution in [1.29, 1.82) is 0 Å². The average Bonchev–Trinajstić information content (AvgIpc) is 3.53. The molecule has 3 atom stereocenters. The molecule has 4 heterocycles. The summed E-state index contributed by atoms with van der Waals surface area (Å²) in [5.41, 5.74) is -0.132. The average molecular weight is 473 g/mol. The second kappa shape index (κ2) is 8.41. The number of amides is 2. The minimum Gasteiger partial charge on any atom is -0.460 e. The fourth-order valence-electron chi connectivity index (χ4n) is 4.79. The summed E-state index contributed by atoms with van der Waals surface area (Å²) in [6.07, 6.45) is 5.53. The number of ether oxygens (including phenoxy) is 1. The van der Waals surface area contributed by atoms with Gasteiger partial charge in [0.15, 0.2) is 0 Å². The lowest BCUT2D eigenvalue weighted by atomic mass is 10.0. The lowest BCUT2D eigenvalue weighted by Crippen LogP contribution is -2.36. The molecular formula is C21H28N8O3S. The number of carbonyl (C=O) groups is 1. The number of likely N-dealkylation sites (tertiary alicyclic amines) is 1. The third-order valence-corrected chi connectivity index (χ3v) is 7.02. The van der Waals surface area contributed by atoms with Crippen molar-refractivity contribution >= 4 is 39.5 Å². The molecule has 2 aliphatic rings. The van der Waals surface area contributed by atoms with Crippen molar-refractivity contribution in [2.45, 2.75) is 38.3 Å². The largest absolute Gasteiger partial charge is 0.460 e. The van der Waals surface area contributed by atoms with Crippen molar-refractivity contribution in [2.24, 2.45) is 11.8 Å². The van der Waals surface area contributed by atoms with E-state index in [9.17, 15) is 9.90 Å². The first-order chi connectivity index (χ1) is 15.8. The lowest BCUT2D eigenvalue weighted by molar-refractivity contribution is 0.0255. The van der Waals surface area contributed by atoms with Crippen molar-refractivity contribution in [3.05, 3.63) is 18.6 Å². The third kappa shape index (κ3) is 4.58. The van der Waals surface area contributed by atoms with Crippen molar-refractivity contribution < 1.29 is 14.6 Å². The normalized spacial score (nSPS) is 22.5. The van der Waals surface area contributed by atoms with E-state index < -0.39 is 5.60 Å². The molecule has 2 unspecified atom stereocenters. The van der Waals surface area contributed by atoms with Crippen LogP contribution in [0.4, 0.5) is 15.7 Å². The van der Waals surface area contributed by atoms with Crippen molar-refractivity contribution in [1.82, 2.24) is 29.2 Å². The number of anilines is 2. The fourth-order valence-corrected chi connectivity index (χ4v) is 5.30. The van der Waals surface area contributed by atoms with E-state index in [2.05, 4.69) is 41.6 Å². The molecule has 33 heavy (non-hydrogen) atoms. The minimum absolute atomic E-state index is 0.0762. The molecule has 3 N–H and O–H groups in total. The Balaban J connectivity index is 1.15. The predicted octanol–water partition coefficient (Wildman–Crippen LogP) is 2.34. The van der Waals surface area contributed by atoms with E-state index in [4.69, 9.17) is 4.74 Å². The van der Waals surface area contributed by atoms with Crippen LogP contribution in [0.5, 0.6) is 6.01 Å². The van der Waals surface area contributed by atoms with Crippen molar-refractivity contribution in [2.75, 3.05) is 37.0 Å². The Kier molecular flexibility index (Phi) is 5.57. The molecule has 1 saturated heterocycles. The standard InChI is InChI=1S/C21H28N8O3S/c1-21(2,31)10-32-18-25-19(33-27-18)26-20(30)29-8-12-6-14(7-13(12)9-29)28(3)17-15-4-5-22-16(15)23-11-24-17/h4-5,11-14,31H,6-10H2,1-3H3,(H,22,23,24)(H,25,26,27,30)/t12-,13?,14?/m1/s1. The molecule has 2 amide bonds. The summed E-state index contributed by atoms with van der Waals surface area (Å²) in [4.78, 5) is 33.0. The third-order valence-electron chi connectivity index (χ3n) is 6.40. The maximum Gasteiger partial charge on any atom is 0.330 e. The maximum atomic E-state index is 12.8. The first kappa shape index (κ1) is 21.8. The van der Waals surface area contributed by atoms with E-state index in [1.54, 1.807) is 20.2 Å². The minimum atomic E-state index is -0.977. The van der Waals surface area contributed by atoms with Crippen LogP contribution in [0, 0.1) is 11.8 Å². The molecule has 11 nitrogen and oxygen atoms in total. The molecule has 0 bridgehead atoms. The maximum absolute atomic E-state index is 12.8. The topological polar surface area (TPSA) is 132 Å². The van der Waals surface area contributed by atoms with Gasteiger partial charge in [-0.2, -0.15) is 4.98 Å². The van der Waals surface area contributed by atoms with E-state index in [0.29, 0.717) is 23.0 Å². The quantitative estimate of drug-likeness (QED) is 0.498. The zero-order chi connectivity index (χ0) is 23.2. The second-order valence-electron chi connectivity index (χ2n) is 9.51. The molecule has 3 aromatic rings. The first-order valence-corrected chi connectivity index (χ1v) is 11.8. The molecule has 176 valence electrons. The van der Waals surface area contributed by atoms with Gasteiger partial charge in [-0.15, -0.1) is 4.37 Å². The van der Waals surface area contributed by atoms with Gasteiger partial charge in [-0.05, 0) is 44.6 Å². The van der Waals surface area contributed by atoms with Crippen molar-refractivity contribution in [3.8, 4) is 6.01 Å². The van der Waals surface area contributed by atoms with Crippen LogP contribution in [-0.2, 0) is 0 Å². The molecule has 3 aromatic heterocycles. The van der Waals surface area contributed by atoms with E-state index in [0.717, 1.165) is 54.3 Å². The summed E-state index contributed by atoms with van der Waals surface area (Å²) in [5.74, 6) is 1.87. The summed E-state index contributed by atoms with van der Waals surface area (Å²) in [6, 6.07) is 2.39. The van der Waals surface area contributed by atoms with Gasteiger partial charge < -0.3 is 24.6 Å². The number of nitrogens with one attached hydrogen (secondary N) is 2. The zero-order valence-electron chi connectivity index (χ0n) is 18.9. The Labute approximate surface area is 195 Å². The first-order valence-electron chi connectivity index (χ1n) is 11.0. The SMILES string of the molecule is CN(c1ncnc2[nH]ccc12)C1CC2CN(C(=O)Nc3nc(OCC(C)(C)O)ns3)C[C@H]2C1. The molecule has 1 aliphatic heterocycles. The smallest absolute Gasteiger partial charge is 0.330 e. The number of H-pyrrole nitrogens is 1. The van der Waals surface area contributed by atoms with Gasteiger partial charge in [0.1, 0.15) is 24.4 Å². The number of rotatable bonds is 6. The van der Waals surface area contributed by atoms with Gasteiger partial charge in [0, 0.05) is 43.9 Å². The van der Waals surface area contributed by atoms with Gasteiger partial charge in [0.25, 0.3) is 0 Å². The Morgan fingerprint density at radius 1 is 1.36 bits per heavy atom. The predicted molar refractivity (Wildman–Crippen MR) is 125 cm³/mol. The van der Waals surface area contributed by atoms with Crippen LogP contribution in [0.2, 0.25) is 0 Å². The Morgan fingerprint density at radius 3 is 2.85 bits per heavy atom. The molecule has 0 spiro atoms. The van der Waals surface area contributed by atoms with E-state index in [-0.39, 0.29) is 18.6 Å². The van der Waals surface area contributed by atoms with Crippen molar-refractivity contribution in [3.63, 3.8) is 0 Å². The Hall–Kier alpha value is -2.99. The number of aromatic nitrogens is 5. The summed E-state index contributed by atoms with van der Waals surface area (Å²) < 4.78 is 9.45. The number of aliphatic hydroxyl groups is 1. The molecule has 5 rings (SSSR count). The van der Waals surface area contributed by atoms with Gasteiger partial charge >= 0.3 is 12.0 Å². The van der Waals surface area contributed by atoms with Gasteiger partial charge in [0.2, 0.25) is 5.13 Å². The summed E-state index contributed by atoms with van der Waals surface area (Å²) >= 11 is 1.06. The van der Waals surface area contributed by atoms with Crippen LogP contribution >= 0.6 is 11.5 Å². The summed E-state index contributed by atoms with van der Waals surface area (Å²) in [5, 5.41) is 14.0. The molecular weight excluding hydrogens is 444 g/mol. The van der Waals surface area contributed by atoms with Crippen LogP contribution in [0.1, 0.15) is 26.7 Å². The van der Waals surface area contributed by atoms with Crippen LogP contribution in [0.25, 0.3) is 11.0 Å². The molecule has 1 saturated carbocycles. The number of aromatic amines is 1. The highest BCUT2D eigenvalue weighted by Crippen LogP contribution is 2.41. The van der Waals surface area contributed by atoms with Crippen LogP contribution < -0.4 is 15.0 Å². The van der Waals surface area contributed by atoms with Gasteiger partial charge in [-0.3, -0.25) is 5.32 Å². The van der Waals surface area contributed by atoms with Crippen LogP contribution in [0.3, 0.4) is 0 Å². The highest BCUT2D eigenvalue weighted by atomic mass is 32.1. The Bertz CT molecular complexity index is 1130. The molecule has 2 fully saturated rings. The van der Waals surface area contributed by atoms with Gasteiger partial charge in [-0.1, -0.05) is 0 Å². The van der Waals surface area contributed by atoms with Crippen LogP contribution in [-0.4, -0.2) is 78.7 Å². The van der Waals surface area contributed by atoms with Crippen LogP contribution in [0.15, 0.2) is 18.6 Å². The van der Waals surface area contributed by atoms with Gasteiger partial charge in [-0.25, -0.2) is 14.8 Å². The number of hydrogen-bond acceptors (Lipinski definition) is 9. The fraction of sp³-hybridized carbons (Fsp3) is 0.571. The number of carbonyl (C=O) groups excluding carboxylic acids is 1. The summed E-state index contributed by atoms with van der Waals surface area (Å²) in [6.45, 7) is 4.81. The highest BCUT2D eigenvalue weighted by molar-refractivity contribution is 7.10. The number of hydrogen-bond donors (Lipinski definition) is 3. The Morgan fingerprint density at radius 2 is 2.12 bits per heavy atom. The highest BCUT2D eigenvalue weighted by Gasteiger charge is 2.44. The van der Waals surface area contributed by atoms with Gasteiger partial charge in [0.05, 0.1) is 11.0 Å². The van der Waals surface area contributed by atoms with E-state index >= 15 is 0 Å². The number of urea groups is 1. The number of fused-ring (bicyclic) bond motifs is 2. The zero-order valence-corrected chi connectivity index (χ0v) is 19.7. The second-order valence-corrected chi connectivity index (χ2v) is 10.3. The van der Waals surface area contributed by atoms with E-state index in [1.165, 1.54) is 0 Å². The molecule has 1 aliphatic carbocycles.